The number of rotatable bonds is 10. The number of hydrogen-bond donors (Lipinski definition) is 1. The molecule has 3 heterocycles. The molecule has 1 amide bonds. The molecule has 3 aromatic carbocycles. The largest absolute Gasteiger partial charge is 0.486 e. The first-order valence-electron chi connectivity index (χ1n) is 15.4. The lowest BCUT2D eigenvalue weighted by Crippen LogP contribution is -2.51. The molecule has 0 saturated carbocycles. The third kappa shape index (κ3) is 8.23. The standard InChI is InChI=1S/C34H34F3N5O5S/c1-41-20-28(21-41)46-30-12-9-26(19-29(30)40-48(44,45)22-23-5-3-2-4-6-23)33(43)42-17-15-25(16-18-42)24-7-10-27(11-8-24)47-32-14-13-31(38-39-32)34(35,36)37/h2-14,19,25,28,40H,15-18,20-22H2,1H3. The van der Waals surface area contributed by atoms with E-state index in [0.717, 1.165) is 30.8 Å². The summed E-state index contributed by atoms with van der Waals surface area (Å²) < 4.78 is 78.8. The van der Waals surface area contributed by atoms with Crippen molar-refractivity contribution in [2.24, 2.45) is 0 Å². The maximum absolute atomic E-state index is 13.6. The number of nitrogens with one attached hydrogen (secondary N) is 1. The maximum atomic E-state index is 13.6. The average molecular weight is 682 g/mol. The summed E-state index contributed by atoms with van der Waals surface area (Å²) in [7, 11) is -1.83. The zero-order valence-electron chi connectivity index (χ0n) is 26.1. The minimum absolute atomic E-state index is 0.0510. The van der Waals surface area contributed by atoms with Crippen molar-refractivity contribution < 1.29 is 35.9 Å². The number of alkyl halides is 3. The van der Waals surface area contributed by atoms with E-state index in [2.05, 4.69) is 19.8 Å². The molecule has 0 unspecified atom stereocenters. The van der Waals surface area contributed by atoms with Crippen LogP contribution in [0.5, 0.6) is 17.4 Å². The van der Waals surface area contributed by atoms with E-state index in [1.807, 2.05) is 25.2 Å². The summed E-state index contributed by atoms with van der Waals surface area (Å²) in [6.07, 6.45) is -3.23. The second-order valence-electron chi connectivity index (χ2n) is 12.0. The molecule has 0 bridgehead atoms. The molecule has 10 nitrogen and oxygen atoms in total. The van der Waals surface area contributed by atoms with E-state index < -0.39 is 21.9 Å². The highest BCUT2D eigenvalue weighted by Gasteiger charge is 2.33. The van der Waals surface area contributed by atoms with Crippen LogP contribution < -0.4 is 14.2 Å². The molecular weight excluding hydrogens is 647 g/mol. The zero-order chi connectivity index (χ0) is 33.9. The van der Waals surface area contributed by atoms with Crippen LogP contribution in [0.15, 0.2) is 84.9 Å². The second-order valence-corrected chi connectivity index (χ2v) is 13.7. The van der Waals surface area contributed by atoms with Gasteiger partial charge >= 0.3 is 6.18 Å². The lowest BCUT2D eigenvalue weighted by atomic mass is 9.89. The Morgan fingerprint density at radius 2 is 1.65 bits per heavy atom. The summed E-state index contributed by atoms with van der Waals surface area (Å²) in [4.78, 5) is 17.5. The molecule has 2 aliphatic heterocycles. The van der Waals surface area contributed by atoms with Crippen LogP contribution in [-0.4, -0.2) is 73.7 Å². The highest BCUT2D eigenvalue weighted by atomic mass is 32.2. The van der Waals surface area contributed by atoms with E-state index in [1.54, 1.807) is 59.5 Å². The number of benzene rings is 3. The van der Waals surface area contributed by atoms with Gasteiger partial charge in [-0.2, -0.15) is 13.2 Å². The number of likely N-dealkylation sites (tertiary alicyclic amines) is 2. The first kappa shape index (κ1) is 33.2. The topological polar surface area (TPSA) is 114 Å². The number of likely N-dealkylation sites (N-methyl/N-ethyl adjacent to an activating group) is 1. The van der Waals surface area contributed by atoms with Crippen molar-refractivity contribution in [2.75, 3.05) is 37.9 Å². The number of anilines is 1. The van der Waals surface area contributed by atoms with Gasteiger partial charge in [-0.05, 0) is 73.3 Å². The van der Waals surface area contributed by atoms with Crippen LogP contribution in [0.2, 0.25) is 0 Å². The predicted octanol–water partition coefficient (Wildman–Crippen LogP) is 5.94. The zero-order valence-corrected chi connectivity index (χ0v) is 26.9. The monoisotopic (exact) mass is 681 g/mol. The van der Waals surface area contributed by atoms with E-state index in [0.29, 0.717) is 48.6 Å². The summed E-state index contributed by atoms with van der Waals surface area (Å²) in [5, 5.41) is 6.67. The van der Waals surface area contributed by atoms with Crippen molar-refractivity contribution in [2.45, 2.75) is 36.8 Å². The van der Waals surface area contributed by atoms with Crippen molar-refractivity contribution in [3.05, 3.63) is 107 Å². The molecule has 4 aromatic rings. The van der Waals surface area contributed by atoms with Crippen LogP contribution in [0.3, 0.4) is 0 Å². The molecule has 0 radical (unpaired) electrons. The van der Waals surface area contributed by atoms with Crippen LogP contribution >= 0.6 is 0 Å². The van der Waals surface area contributed by atoms with E-state index in [1.165, 1.54) is 0 Å². The number of aromatic nitrogens is 2. The van der Waals surface area contributed by atoms with Gasteiger partial charge < -0.3 is 14.4 Å². The Morgan fingerprint density at radius 3 is 2.27 bits per heavy atom. The molecular formula is C34H34F3N5O5S. The Morgan fingerprint density at radius 1 is 0.938 bits per heavy atom. The van der Waals surface area contributed by atoms with Gasteiger partial charge in [-0.15, -0.1) is 10.2 Å². The Hall–Kier alpha value is -4.69. The smallest absolute Gasteiger partial charge is 0.435 e. The van der Waals surface area contributed by atoms with Gasteiger partial charge in [0.1, 0.15) is 17.6 Å². The van der Waals surface area contributed by atoms with Gasteiger partial charge in [-0.25, -0.2) is 8.42 Å². The van der Waals surface area contributed by atoms with E-state index in [9.17, 15) is 26.4 Å². The van der Waals surface area contributed by atoms with Crippen molar-refractivity contribution in [3.8, 4) is 17.4 Å². The normalized spacial score (nSPS) is 16.3. The molecule has 2 aliphatic rings. The summed E-state index contributed by atoms with van der Waals surface area (Å²) in [6.45, 7) is 2.44. The van der Waals surface area contributed by atoms with Gasteiger partial charge in [0, 0.05) is 37.8 Å². The van der Waals surface area contributed by atoms with Crippen molar-refractivity contribution in [3.63, 3.8) is 0 Å². The summed E-state index contributed by atoms with van der Waals surface area (Å²) in [5.41, 5.74) is 1.18. The molecule has 2 fully saturated rings. The fraction of sp³-hybridized carbons (Fsp3) is 0.324. The number of halogens is 3. The number of hydrogen-bond acceptors (Lipinski definition) is 8. The summed E-state index contributed by atoms with van der Waals surface area (Å²) in [6, 6.07) is 22.9. The number of amides is 1. The fourth-order valence-corrected chi connectivity index (χ4v) is 6.99. The minimum atomic E-state index is -4.58. The van der Waals surface area contributed by atoms with Gasteiger partial charge in [0.05, 0.1) is 11.4 Å². The molecule has 6 rings (SSSR count). The molecule has 0 atom stereocenters. The van der Waals surface area contributed by atoms with Crippen LogP contribution in [0.25, 0.3) is 0 Å². The van der Waals surface area contributed by atoms with Gasteiger partial charge in [-0.1, -0.05) is 42.5 Å². The number of ether oxygens (including phenoxy) is 2. The molecule has 14 heteroatoms. The van der Waals surface area contributed by atoms with Crippen molar-refractivity contribution >= 4 is 21.6 Å². The van der Waals surface area contributed by atoms with E-state index in [4.69, 9.17) is 9.47 Å². The fourth-order valence-electron chi connectivity index (χ4n) is 5.79. The molecule has 0 aliphatic carbocycles. The Kier molecular flexibility index (Phi) is 9.56. The molecule has 252 valence electrons. The highest BCUT2D eigenvalue weighted by Crippen LogP contribution is 2.34. The van der Waals surface area contributed by atoms with E-state index >= 15 is 0 Å². The Labute approximate surface area is 276 Å². The SMILES string of the molecule is CN1CC(Oc2ccc(C(=O)N3CCC(c4ccc(Oc5ccc(C(F)(F)F)nn5)cc4)CC3)cc2NS(=O)(=O)Cc2ccccc2)C1. The quantitative estimate of drug-likeness (QED) is 0.219. The Balaban J connectivity index is 1.09. The molecule has 1 N–H and O–H groups in total. The molecule has 48 heavy (non-hydrogen) atoms. The summed E-state index contributed by atoms with van der Waals surface area (Å²) in [5.74, 6) is 0.496. The summed E-state index contributed by atoms with van der Waals surface area (Å²) >= 11 is 0. The molecule has 0 spiro atoms. The first-order valence-corrected chi connectivity index (χ1v) is 17.1. The van der Waals surface area contributed by atoms with Crippen LogP contribution in [-0.2, 0) is 22.0 Å². The third-order valence-corrected chi connectivity index (χ3v) is 9.55. The van der Waals surface area contributed by atoms with Crippen LogP contribution in [0, 0.1) is 0 Å². The third-order valence-electron chi connectivity index (χ3n) is 8.30. The van der Waals surface area contributed by atoms with Crippen molar-refractivity contribution in [1.29, 1.82) is 0 Å². The number of piperidine rings is 1. The van der Waals surface area contributed by atoms with Crippen LogP contribution in [0.4, 0.5) is 18.9 Å². The average Bonchev–Trinajstić information content (AvgIpc) is 3.05. The molecule has 2 saturated heterocycles. The Bertz CT molecular complexity index is 1830. The minimum Gasteiger partial charge on any atom is -0.486 e. The number of carbonyl (C=O) groups is 1. The number of carbonyl (C=O) groups excluding carboxylic acids is 1. The van der Waals surface area contributed by atoms with Crippen LogP contribution in [0.1, 0.15) is 45.9 Å². The van der Waals surface area contributed by atoms with Gasteiger partial charge in [0.25, 0.3) is 5.91 Å². The number of nitrogens with zero attached hydrogens (tertiary/aromatic N) is 4. The predicted molar refractivity (Wildman–Crippen MR) is 172 cm³/mol. The first-order chi connectivity index (χ1) is 22.9. The van der Waals surface area contributed by atoms with Gasteiger partial charge in [-0.3, -0.25) is 14.4 Å². The maximum Gasteiger partial charge on any atom is 0.435 e. The van der Waals surface area contributed by atoms with Gasteiger partial charge in [0.2, 0.25) is 15.9 Å². The number of sulfonamides is 1. The lowest BCUT2D eigenvalue weighted by Gasteiger charge is -2.36. The molecule has 1 aromatic heterocycles. The van der Waals surface area contributed by atoms with Crippen molar-refractivity contribution in [1.82, 2.24) is 20.0 Å². The van der Waals surface area contributed by atoms with Gasteiger partial charge in [0.15, 0.2) is 5.69 Å². The van der Waals surface area contributed by atoms with E-state index in [-0.39, 0.29) is 35.2 Å². The lowest BCUT2D eigenvalue weighted by molar-refractivity contribution is -0.141. The second kappa shape index (κ2) is 13.8. The highest BCUT2D eigenvalue weighted by molar-refractivity contribution is 7.91.